The van der Waals surface area contributed by atoms with Crippen LogP contribution in [0.2, 0.25) is 0 Å². The minimum atomic E-state index is -0.232. The second-order valence-electron chi connectivity index (χ2n) is 9.61. The van der Waals surface area contributed by atoms with E-state index < -0.39 is 0 Å². The van der Waals surface area contributed by atoms with Crippen LogP contribution >= 0.6 is 0 Å². The van der Waals surface area contributed by atoms with Crippen LogP contribution in [0.15, 0.2) is 54.6 Å². The van der Waals surface area contributed by atoms with Crippen LogP contribution in [-0.2, 0) is 6.42 Å². The Labute approximate surface area is 213 Å². The first-order chi connectivity index (χ1) is 17.1. The molecule has 2 rings (SSSR count). The Morgan fingerprint density at radius 1 is 0.714 bits per heavy atom. The van der Waals surface area contributed by atoms with Gasteiger partial charge in [0.2, 0.25) is 0 Å². The third kappa shape index (κ3) is 11.5. The van der Waals surface area contributed by atoms with Crippen molar-refractivity contribution < 1.29 is 4.79 Å². The van der Waals surface area contributed by atoms with E-state index in [-0.39, 0.29) is 5.91 Å². The molecule has 0 aromatic heterocycles. The van der Waals surface area contributed by atoms with Crippen molar-refractivity contribution in [3.05, 3.63) is 65.7 Å². The van der Waals surface area contributed by atoms with Crippen LogP contribution in [0.3, 0.4) is 0 Å². The maximum Gasteiger partial charge on any atom is 0.257 e. The molecular weight excluding hydrogens is 430 g/mol. The van der Waals surface area contributed by atoms with Crippen molar-refractivity contribution in [3.8, 4) is 0 Å². The summed E-state index contributed by atoms with van der Waals surface area (Å²) in [6, 6.07) is 13.1. The number of carbonyl (C=O) groups excluding carboxylic acids is 1. The van der Waals surface area contributed by atoms with E-state index >= 15 is 0 Å². The topological polar surface area (TPSA) is 81.1 Å². The van der Waals surface area contributed by atoms with Gasteiger partial charge in [-0.3, -0.25) is 4.79 Å². The molecule has 2 aromatic rings. The number of nitrogens with two attached hydrogens (primary N) is 2. The number of rotatable bonds is 18. The predicted octanol–water partition coefficient (Wildman–Crippen LogP) is 8.68. The number of amides is 1. The fourth-order valence-electron chi connectivity index (χ4n) is 4.38. The molecule has 0 saturated carbocycles. The summed E-state index contributed by atoms with van der Waals surface area (Å²) in [7, 11) is 0. The molecule has 0 bridgehead atoms. The summed E-state index contributed by atoms with van der Waals surface area (Å²) in [5.74, 6) is -0.232. The summed E-state index contributed by atoms with van der Waals surface area (Å²) in [6.45, 7) is 2.27. The number of allylic oxidation sites excluding steroid dienone is 2. The van der Waals surface area contributed by atoms with Crippen molar-refractivity contribution in [2.24, 2.45) is 0 Å². The first-order valence-corrected chi connectivity index (χ1v) is 13.8. The molecule has 0 spiro atoms. The molecule has 35 heavy (non-hydrogen) atoms. The van der Waals surface area contributed by atoms with Crippen LogP contribution in [-0.4, -0.2) is 5.91 Å². The Balaban J connectivity index is 1.55. The fraction of sp³-hybridized carbons (Fsp3) is 0.516. The van der Waals surface area contributed by atoms with E-state index in [0.717, 1.165) is 24.1 Å². The molecule has 0 radical (unpaired) electrons. The molecule has 0 aliphatic heterocycles. The number of anilines is 3. The number of aryl methyl sites for hydroxylation is 1. The minimum Gasteiger partial charge on any atom is -0.397 e. The number of nitrogen functional groups attached to an aromatic ring is 2. The van der Waals surface area contributed by atoms with Gasteiger partial charge in [-0.2, -0.15) is 0 Å². The summed E-state index contributed by atoms with van der Waals surface area (Å²) in [4.78, 5) is 12.6. The number of nitrogens with one attached hydrogen (secondary N) is 1. The van der Waals surface area contributed by atoms with Crippen LogP contribution in [0.25, 0.3) is 0 Å². The van der Waals surface area contributed by atoms with Gasteiger partial charge >= 0.3 is 0 Å². The molecule has 0 saturated heterocycles. The summed E-state index contributed by atoms with van der Waals surface area (Å²) in [5.41, 5.74) is 15.6. The van der Waals surface area contributed by atoms with Gasteiger partial charge in [-0.25, -0.2) is 0 Å². The second kappa shape index (κ2) is 17.7. The predicted molar refractivity (Wildman–Crippen MR) is 153 cm³/mol. The highest BCUT2D eigenvalue weighted by atomic mass is 16.1. The molecule has 0 aliphatic rings. The Morgan fingerprint density at radius 2 is 1.29 bits per heavy atom. The first kappa shape index (κ1) is 28.5. The van der Waals surface area contributed by atoms with E-state index in [1.54, 1.807) is 6.07 Å². The van der Waals surface area contributed by atoms with E-state index in [2.05, 4.69) is 24.4 Å². The smallest absolute Gasteiger partial charge is 0.257 e. The van der Waals surface area contributed by atoms with Crippen LogP contribution in [0, 0.1) is 0 Å². The zero-order valence-corrected chi connectivity index (χ0v) is 21.9. The molecule has 2 aromatic carbocycles. The molecule has 192 valence electrons. The Bertz CT molecular complexity index is 876. The molecule has 0 fully saturated rings. The van der Waals surface area contributed by atoms with Crippen molar-refractivity contribution in [2.45, 2.75) is 103 Å². The summed E-state index contributed by atoms with van der Waals surface area (Å²) in [5, 5.41) is 2.87. The number of hydrogen-bond donors (Lipinski definition) is 3. The zero-order chi connectivity index (χ0) is 25.1. The van der Waals surface area contributed by atoms with Gasteiger partial charge in [-0.15, -0.1) is 0 Å². The molecule has 1 amide bonds. The lowest BCUT2D eigenvalue weighted by Crippen LogP contribution is -2.15. The van der Waals surface area contributed by atoms with Gasteiger partial charge in [0.15, 0.2) is 0 Å². The number of unbranched alkanes of at least 4 members (excludes halogenated alkanes) is 12. The summed E-state index contributed by atoms with van der Waals surface area (Å²) >= 11 is 0. The van der Waals surface area contributed by atoms with Gasteiger partial charge in [0.25, 0.3) is 5.91 Å². The number of carbonyl (C=O) groups is 1. The Hall–Kier alpha value is -2.75. The van der Waals surface area contributed by atoms with Gasteiger partial charge in [0, 0.05) is 5.69 Å². The lowest BCUT2D eigenvalue weighted by atomic mass is 10.00. The lowest BCUT2D eigenvalue weighted by Gasteiger charge is -2.13. The fourth-order valence-corrected chi connectivity index (χ4v) is 4.38. The Kier molecular flexibility index (Phi) is 14.4. The SMILES string of the molecule is CCCCCCCC/C=C\CCCCCCCCc1ccc(C(=O)Nc2ccccc2)c(N)c1N. The van der Waals surface area contributed by atoms with Gasteiger partial charge in [-0.05, 0) is 62.3 Å². The van der Waals surface area contributed by atoms with Gasteiger partial charge in [0.1, 0.15) is 0 Å². The van der Waals surface area contributed by atoms with Gasteiger partial charge in [-0.1, -0.05) is 101 Å². The van der Waals surface area contributed by atoms with Crippen molar-refractivity contribution in [1.29, 1.82) is 0 Å². The molecule has 4 heteroatoms. The highest BCUT2D eigenvalue weighted by Crippen LogP contribution is 2.27. The maximum atomic E-state index is 12.6. The van der Waals surface area contributed by atoms with Crippen molar-refractivity contribution >= 4 is 23.0 Å². The molecule has 0 unspecified atom stereocenters. The van der Waals surface area contributed by atoms with Gasteiger partial charge in [0.05, 0.1) is 16.9 Å². The highest BCUT2D eigenvalue weighted by molar-refractivity contribution is 6.09. The average Bonchev–Trinajstić information content (AvgIpc) is 2.86. The van der Waals surface area contributed by atoms with E-state index in [1.807, 2.05) is 36.4 Å². The maximum absolute atomic E-state index is 12.6. The molecule has 0 atom stereocenters. The van der Waals surface area contributed by atoms with Crippen LogP contribution in [0.4, 0.5) is 17.1 Å². The highest BCUT2D eigenvalue weighted by Gasteiger charge is 2.14. The van der Waals surface area contributed by atoms with Crippen LogP contribution in [0.1, 0.15) is 113 Å². The van der Waals surface area contributed by atoms with E-state index in [0.29, 0.717) is 16.9 Å². The molecule has 0 aliphatic carbocycles. The first-order valence-electron chi connectivity index (χ1n) is 13.8. The van der Waals surface area contributed by atoms with E-state index in [4.69, 9.17) is 11.5 Å². The van der Waals surface area contributed by atoms with Crippen molar-refractivity contribution in [3.63, 3.8) is 0 Å². The number of benzene rings is 2. The van der Waals surface area contributed by atoms with Crippen molar-refractivity contribution in [1.82, 2.24) is 0 Å². The average molecular weight is 478 g/mol. The Morgan fingerprint density at radius 3 is 1.91 bits per heavy atom. The second-order valence-corrected chi connectivity index (χ2v) is 9.61. The number of para-hydroxylation sites is 1. The van der Waals surface area contributed by atoms with Crippen molar-refractivity contribution in [2.75, 3.05) is 16.8 Å². The van der Waals surface area contributed by atoms with Crippen LogP contribution in [0.5, 0.6) is 0 Å². The molecule has 0 heterocycles. The standard InChI is InChI=1S/C31H47N3O/c1-2-3-4-5-6-7-8-9-10-11-12-13-14-15-16-18-21-26-24-25-28(30(33)29(26)32)31(35)34-27-22-19-17-20-23-27/h9-10,17,19-20,22-25H,2-8,11-16,18,21,32-33H2,1H3,(H,34,35)/b10-9-. The largest absolute Gasteiger partial charge is 0.397 e. The number of hydrogen-bond acceptors (Lipinski definition) is 3. The van der Waals surface area contributed by atoms with E-state index in [9.17, 15) is 4.79 Å². The minimum absolute atomic E-state index is 0.232. The third-order valence-electron chi connectivity index (χ3n) is 6.61. The summed E-state index contributed by atoms with van der Waals surface area (Å²) < 4.78 is 0. The molecular formula is C31H47N3O. The molecule has 4 nitrogen and oxygen atoms in total. The normalized spacial score (nSPS) is 11.2. The quantitative estimate of drug-likeness (QED) is 0.114. The monoisotopic (exact) mass is 477 g/mol. The zero-order valence-electron chi connectivity index (χ0n) is 21.9. The van der Waals surface area contributed by atoms with E-state index in [1.165, 1.54) is 83.5 Å². The third-order valence-corrected chi connectivity index (χ3v) is 6.61. The summed E-state index contributed by atoms with van der Waals surface area (Å²) in [6.07, 6.45) is 23.8. The molecule has 5 N–H and O–H groups in total. The lowest BCUT2D eigenvalue weighted by molar-refractivity contribution is 0.102. The van der Waals surface area contributed by atoms with Gasteiger partial charge < -0.3 is 16.8 Å². The van der Waals surface area contributed by atoms with Crippen LogP contribution < -0.4 is 16.8 Å².